The summed E-state index contributed by atoms with van der Waals surface area (Å²) in [6, 6.07) is 11.4. The minimum atomic E-state index is -4.39. The first kappa shape index (κ1) is 17.1. The normalized spacial score (nSPS) is 12.1. The fourth-order valence-electron chi connectivity index (χ4n) is 2.08. The summed E-state index contributed by atoms with van der Waals surface area (Å²) in [6.45, 7) is 5.27. The van der Waals surface area contributed by atoms with Crippen LogP contribution in [-0.4, -0.2) is 11.6 Å². The molecule has 0 saturated carbocycles. The molecule has 0 bridgehead atoms. The average molecular weight is 322 g/mol. The highest BCUT2D eigenvalue weighted by atomic mass is 19.4. The van der Waals surface area contributed by atoms with Crippen molar-refractivity contribution in [2.24, 2.45) is 0 Å². The lowest BCUT2D eigenvalue weighted by molar-refractivity contribution is -0.137. The van der Waals surface area contributed by atoms with E-state index >= 15 is 0 Å². The molecule has 2 aromatic carbocycles. The average Bonchev–Trinajstić information content (AvgIpc) is 2.45. The number of rotatable bonds is 2. The Kier molecular flexibility index (Phi) is 4.50. The second-order valence-electron chi connectivity index (χ2n) is 6.12. The third kappa shape index (κ3) is 4.34. The van der Waals surface area contributed by atoms with Gasteiger partial charge in [0.15, 0.2) is 0 Å². The van der Waals surface area contributed by atoms with E-state index < -0.39 is 23.3 Å². The van der Waals surface area contributed by atoms with E-state index in [2.05, 4.69) is 0 Å². The van der Waals surface area contributed by atoms with Crippen molar-refractivity contribution in [2.75, 3.05) is 0 Å². The number of benzene rings is 2. The molecule has 0 aliphatic rings. The van der Waals surface area contributed by atoms with Gasteiger partial charge < -0.3 is 4.74 Å². The summed E-state index contributed by atoms with van der Waals surface area (Å²) in [5, 5.41) is 0. The van der Waals surface area contributed by atoms with E-state index in [1.54, 1.807) is 45.0 Å². The summed E-state index contributed by atoms with van der Waals surface area (Å²) in [6.07, 6.45) is -4.39. The number of alkyl halides is 3. The third-order valence-corrected chi connectivity index (χ3v) is 3.07. The van der Waals surface area contributed by atoms with E-state index in [0.717, 1.165) is 12.1 Å². The van der Waals surface area contributed by atoms with Gasteiger partial charge >= 0.3 is 12.1 Å². The lowest BCUT2D eigenvalue weighted by Crippen LogP contribution is -2.24. The van der Waals surface area contributed by atoms with Crippen LogP contribution < -0.4 is 0 Å². The van der Waals surface area contributed by atoms with E-state index in [1.807, 2.05) is 0 Å². The van der Waals surface area contributed by atoms with Gasteiger partial charge in [-0.3, -0.25) is 0 Å². The molecule has 5 heteroatoms. The van der Waals surface area contributed by atoms with E-state index in [0.29, 0.717) is 16.7 Å². The van der Waals surface area contributed by atoms with Gasteiger partial charge in [0.05, 0.1) is 11.1 Å². The molecule has 0 aliphatic heterocycles. The molecule has 23 heavy (non-hydrogen) atoms. The van der Waals surface area contributed by atoms with Crippen LogP contribution in [0.5, 0.6) is 0 Å². The third-order valence-electron chi connectivity index (χ3n) is 3.07. The largest absolute Gasteiger partial charge is 0.456 e. The van der Waals surface area contributed by atoms with Gasteiger partial charge in [-0.25, -0.2) is 4.79 Å². The van der Waals surface area contributed by atoms with Crippen LogP contribution in [0.25, 0.3) is 11.1 Å². The van der Waals surface area contributed by atoms with Crippen molar-refractivity contribution in [1.29, 1.82) is 0 Å². The van der Waals surface area contributed by atoms with E-state index in [-0.39, 0.29) is 0 Å². The van der Waals surface area contributed by atoms with Gasteiger partial charge in [0, 0.05) is 0 Å². The molecule has 0 saturated heterocycles. The summed E-state index contributed by atoms with van der Waals surface area (Å²) in [7, 11) is 0. The smallest absolute Gasteiger partial charge is 0.416 e. The maximum absolute atomic E-state index is 12.6. The number of carbonyl (C=O) groups excluding carboxylic acids is 1. The molecule has 0 amide bonds. The topological polar surface area (TPSA) is 26.3 Å². The molecule has 0 atom stereocenters. The summed E-state index contributed by atoms with van der Waals surface area (Å²) in [4.78, 5) is 12.3. The number of hydrogen-bond acceptors (Lipinski definition) is 2. The summed E-state index contributed by atoms with van der Waals surface area (Å²) >= 11 is 0. The Morgan fingerprint density at radius 1 is 0.913 bits per heavy atom. The molecule has 0 aliphatic carbocycles. The molecule has 0 spiro atoms. The quantitative estimate of drug-likeness (QED) is 0.699. The van der Waals surface area contributed by atoms with E-state index in [9.17, 15) is 18.0 Å². The minimum absolute atomic E-state index is 0.321. The second kappa shape index (κ2) is 6.07. The Balaban J connectivity index is 2.39. The SMILES string of the molecule is CC(C)(C)OC(=O)c1ccccc1-c1ccc(C(F)(F)F)cc1. The van der Waals surface area contributed by atoms with Crippen LogP contribution in [0.15, 0.2) is 48.5 Å². The lowest BCUT2D eigenvalue weighted by atomic mass is 9.98. The summed E-state index contributed by atoms with van der Waals surface area (Å²) < 4.78 is 43.3. The molecule has 0 heterocycles. The monoisotopic (exact) mass is 322 g/mol. The Labute approximate surface area is 132 Å². The predicted molar refractivity (Wildman–Crippen MR) is 82.0 cm³/mol. The zero-order chi connectivity index (χ0) is 17.3. The first-order valence-electron chi connectivity index (χ1n) is 7.08. The molecule has 2 nitrogen and oxygen atoms in total. The molecule has 2 aromatic rings. The maximum Gasteiger partial charge on any atom is 0.416 e. The van der Waals surface area contributed by atoms with Gasteiger partial charge in [-0.15, -0.1) is 0 Å². The van der Waals surface area contributed by atoms with Gasteiger partial charge in [0.2, 0.25) is 0 Å². The first-order chi connectivity index (χ1) is 10.6. The summed E-state index contributed by atoms with van der Waals surface area (Å²) in [5.74, 6) is -0.506. The number of ether oxygens (including phenoxy) is 1. The van der Waals surface area contributed by atoms with E-state index in [4.69, 9.17) is 4.74 Å². The molecule has 2 rings (SSSR count). The Bertz CT molecular complexity index is 695. The van der Waals surface area contributed by atoms with Crippen molar-refractivity contribution in [1.82, 2.24) is 0 Å². The number of carbonyl (C=O) groups is 1. The standard InChI is InChI=1S/C18H17F3O2/c1-17(2,3)23-16(22)15-7-5-4-6-14(15)12-8-10-13(11-9-12)18(19,20)21/h4-11H,1-3H3. The van der Waals surface area contributed by atoms with Crippen molar-refractivity contribution in [3.8, 4) is 11.1 Å². The highest BCUT2D eigenvalue weighted by Gasteiger charge is 2.30. The van der Waals surface area contributed by atoms with Gasteiger partial charge in [-0.2, -0.15) is 13.2 Å². The fourth-order valence-corrected chi connectivity index (χ4v) is 2.08. The van der Waals surface area contributed by atoms with Crippen LogP contribution in [0.3, 0.4) is 0 Å². The van der Waals surface area contributed by atoms with Crippen LogP contribution in [-0.2, 0) is 10.9 Å². The van der Waals surface area contributed by atoms with Gasteiger partial charge in [-0.05, 0) is 50.1 Å². The predicted octanol–water partition coefficient (Wildman–Crippen LogP) is 5.33. The molecule has 0 aromatic heterocycles. The maximum atomic E-state index is 12.6. The van der Waals surface area contributed by atoms with Crippen LogP contribution in [0.2, 0.25) is 0 Å². The summed E-state index contributed by atoms with van der Waals surface area (Å²) in [5.41, 5.74) is 0.0118. The molecule has 0 radical (unpaired) electrons. The second-order valence-corrected chi connectivity index (χ2v) is 6.12. The lowest BCUT2D eigenvalue weighted by Gasteiger charge is -2.20. The van der Waals surface area contributed by atoms with Crippen molar-refractivity contribution >= 4 is 5.97 Å². The van der Waals surface area contributed by atoms with Crippen LogP contribution >= 0.6 is 0 Å². The first-order valence-corrected chi connectivity index (χ1v) is 7.08. The molecule has 0 unspecified atom stereocenters. The zero-order valence-corrected chi connectivity index (χ0v) is 13.1. The molecule has 122 valence electrons. The van der Waals surface area contributed by atoms with Crippen LogP contribution in [0, 0.1) is 0 Å². The number of esters is 1. The zero-order valence-electron chi connectivity index (χ0n) is 13.1. The van der Waals surface area contributed by atoms with Crippen LogP contribution in [0.4, 0.5) is 13.2 Å². The van der Waals surface area contributed by atoms with Crippen molar-refractivity contribution in [3.63, 3.8) is 0 Å². The highest BCUT2D eigenvalue weighted by Crippen LogP contribution is 2.32. The van der Waals surface area contributed by atoms with Gasteiger partial charge in [0.25, 0.3) is 0 Å². The fraction of sp³-hybridized carbons (Fsp3) is 0.278. The Morgan fingerprint density at radius 2 is 1.48 bits per heavy atom. The highest BCUT2D eigenvalue weighted by molar-refractivity contribution is 5.97. The Hall–Kier alpha value is -2.30. The minimum Gasteiger partial charge on any atom is -0.456 e. The Morgan fingerprint density at radius 3 is 2.00 bits per heavy atom. The van der Waals surface area contributed by atoms with Crippen molar-refractivity contribution in [2.45, 2.75) is 32.5 Å². The molecular formula is C18H17F3O2. The van der Waals surface area contributed by atoms with Crippen molar-refractivity contribution < 1.29 is 22.7 Å². The van der Waals surface area contributed by atoms with Crippen LogP contribution in [0.1, 0.15) is 36.7 Å². The number of hydrogen-bond donors (Lipinski definition) is 0. The molecule has 0 N–H and O–H groups in total. The van der Waals surface area contributed by atoms with Crippen molar-refractivity contribution in [3.05, 3.63) is 59.7 Å². The van der Waals surface area contributed by atoms with Gasteiger partial charge in [-0.1, -0.05) is 30.3 Å². The molecular weight excluding hydrogens is 305 g/mol. The number of halogens is 3. The van der Waals surface area contributed by atoms with Gasteiger partial charge in [0.1, 0.15) is 5.60 Å². The van der Waals surface area contributed by atoms with E-state index in [1.165, 1.54) is 12.1 Å². The molecule has 0 fully saturated rings.